The summed E-state index contributed by atoms with van der Waals surface area (Å²) in [5.74, 6) is -1.60. The van der Waals surface area contributed by atoms with Gasteiger partial charge in [-0.25, -0.2) is 8.78 Å². The molecule has 0 saturated heterocycles. The molecule has 4 heteroatoms. The summed E-state index contributed by atoms with van der Waals surface area (Å²) in [7, 11) is 0. The van der Waals surface area contributed by atoms with Crippen LogP contribution in [0.25, 0.3) is 0 Å². The molecular formula is C13H13F2NS. The highest BCUT2D eigenvalue weighted by Gasteiger charge is 2.02. The fraction of sp³-hybridized carbons (Fsp3) is 0.231. The standard InChI is InChI=1S/C13H13F2NS/c1-9-2-4-11(17-9)8-16-7-10-3-5-12(14)13(15)6-10/h2-6,16H,7-8H2,1H3. The Morgan fingerprint density at radius 2 is 1.88 bits per heavy atom. The molecule has 1 N–H and O–H groups in total. The first-order valence-electron chi connectivity index (χ1n) is 5.35. The van der Waals surface area contributed by atoms with E-state index < -0.39 is 11.6 Å². The molecule has 2 rings (SSSR count). The predicted molar refractivity (Wildman–Crippen MR) is 66.0 cm³/mol. The van der Waals surface area contributed by atoms with Crippen LogP contribution in [0.15, 0.2) is 30.3 Å². The second kappa shape index (κ2) is 5.38. The van der Waals surface area contributed by atoms with Gasteiger partial charge in [0, 0.05) is 22.8 Å². The van der Waals surface area contributed by atoms with E-state index in [0.29, 0.717) is 6.54 Å². The molecule has 1 aromatic heterocycles. The van der Waals surface area contributed by atoms with Gasteiger partial charge < -0.3 is 5.32 Å². The van der Waals surface area contributed by atoms with E-state index in [-0.39, 0.29) is 0 Å². The summed E-state index contributed by atoms with van der Waals surface area (Å²) in [5, 5.41) is 3.20. The second-order valence-corrected chi connectivity index (χ2v) is 5.24. The lowest BCUT2D eigenvalue weighted by Crippen LogP contribution is -2.11. The van der Waals surface area contributed by atoms with E-state index in [2.05, 4.69) is 24.4 Å². The molecule has 1 heterocycles. The molecule has 0 radical (unpaired) electrons. The monoisotopic (exact) mass is 253 g/mol. The maximum atomic E-state index is 12.9. The highest BCUT2D eigenvalue weighted by atomic mass is 32.1. The van der Waals surface area contributed by atoms with Gasteiger partial charge in [0.2, 0.25) is 0 Å². The first-order valence-corrected chi connectivity index (χ1v) is 6.17. The van der Waals surface area contributed by atoms with Gasteiger partial charge in [-0.05, 0) is 36.8 Å². The van der Waals surface area contributed by atoms with Gasteiger partial charge in [0.15, 0.2) is 11.6 Å². The van der Waals surface area contributed by atoms with Crippen molar-refractivity contribution in [3.8, 4) is 0 Å². The minimum absolute atomic E-state index is 0.536. The number of aryl methyl sites for hydroxylation is 1. The van der Waals surface area contributed by atoms with E-state index in [1.54, 1.807) is 17.4 Å². The van der Waals surface area contributed by atoms with Crippen LogP contribution in [-0.2, 0) is 13.1 Å². The zero-order chi connectivity index (χ0) is 12.3. The molecule has 1 aromatic carbocycles. The Kier molecular flexibility index (Phi) is 3.86. The zero-order valence-corrected chi connectivity index (χ0v) is 10.3. The lowest BCUT2D eigenvalue weighted by molar-refractivity contribution is 0.506. The Morgan fingerprint density at radius 3 is 2.53 bits per heavy atom. The molecule has 0 atom stereocenters. The van der Waals surface area contributed by atoms with Gasteiger partial charge in [0.05, 0.1) is 0 Å². The molecule has 90 valence electrons. The topological polar surface area (TPSA) is 12.0 Å². The number of rotatable bonds is 4. The van der Waals surface area contributed by atoms with E-state index >= 15 is 0 Å². The molecule has 0 unspecified atom stereocenters. The summed E-state index contributed by atoms with van der Waals surface area (Å²) in [5.41, 5.74) is 0.747. The number of thiophene rings is 1. The van der Waals surface area contributed by atoms with Crippen molar-refractivity contribution in [3.63, 3.8) is 0 Å². The van der Waals surface area contributed by atoms with Gasteiger partial charge in [-0.2, -0.15) is 0 Å². The molecule has 0 aliphatic heterocycles. The van der Waals surface area contributed by atoms with Gasteiger partial charge >= 0.3 is 0 Å². The van der Waals surface area contributed by atoms with Crippen LogP contribution in [0.3, 0.4) is 0 Å². The third-order valence-corrected chi connectivity index (χ3v) is 3.41. The Bertz CT molecular complexity index is 508. The molecule has 17 heavy (non-hydrogen) atoms. The highest BCUT2D eigenvalue weighted by molar-refractivity contribution is 7.11. The smallest absolute Gasteiger partial charge is 0.159 e. The van der Waals surface area contributed by atoms with Crippen molar-refractivity contribution in [2.75, 3.05) is 0 Å². The third kappa shape index (κ3) is 3.35. The van der Waals surface area contributed by atoms with E-state index in [0.717, 1.165) is 18.2 Å². The third-order valence-electron chi connectivity index (χ3n) is 2.41. The predicted octanol–water partition coefficient (Wildman–Crippen LogP) is 3.62. The summed E-state index contributed by atoms with van der Waals surface area (Å²) in [6, 6.07) is 8.10. The van der Waals surface area contributed by atoms with Crippen molar-refractivity contribution in [1.82, 2.24) is 5.32 Å². The minimum Gasteiger partial charge on any atom is -0.308 e. The summed E-state index contributed by atoms with van der Waals surface area (Å²) < 4.78 is 25.6. The van der Waals surface area contributed by atoms with Crippen molar-refractivity contribution in [2.45, 2.75) is 20.0 Å². The van der Waals surface area contributed by atoms with Crippen molar-refractivity contribution >= 4 is 11.3 Å². The van der Waals surface area contributed by atoms with Crippen LogP contribution in [0, 0.1) is 18.6 Å². The average Bonchev–Trinajstić information content (AvgIpc) is 2.70. The number of hydrogen-bond acceptors (Lipinski definition) is 2. The lowest BCUT2D eigenvalue weighted by atomic mass is 10.2. The molecule has 0 aliphatic carbocycles. The summed E-state index contributed by atoms with van der Waals surface area (Å²) >= 11 is 1.73. The van der Waals surface area contributed by atoms with Gasteiger partial charge in [-0.15, -0.1) is 11.3 Å². The van der Waals surface area contributed by atoms with Crippen LogP contribution in [-0.4, -0.2) is 0 Å². The van der Waals surface area contributed by atoms with Crippen LogP contribution in [0.5, 0.6) is 0 Å². The molecule has 0 bridgehead atoms. The van der Waals surface area contributed by atoms with Gasteiger partial charge in [-0.1, -0.05) is 6.07 Å². The van der Waals surface area contributed by atoms with Gasteiger partial charge in [-0.3, -0.25) is 0 Å². The van der Waals surface area contributed by atoms with Crippen molar-refractivity contribution in [1.29, 1.82) is 0 Å². The van der Waals surface area contributed by atoms with Crippen molar-refractivity contribution in [3.05, 3.63) is 57.3 Å². The second-order valence-electron chi connectivity index (χ2n) is 3.86. The van der Waals surface area contributed by atoms with Crippen molar-refractivity contribution in [2.24, 2.45) is 0 Å². The minimum atomic E-state index is -0.803. The normalized spacial score (nSPS) is 10.8. The average molecular weight is 253 g/mol. The van der Waals surface area contributed by atoms with Crippen LogP contribution >= 0.6 is 11.3 Å². The number of nitrogens with one attached hydrogen (secondary N) is 1. The maximum absolute atomic E-state index is 12.9. The Hall–Kier alpha value is -1.26. The van der Waals surface area contributed by atoms with E-state index in [1.807, 2.05) is 0 Å². The largest absolute Gasteiger partial charge is 0.308 e. The Morgan fingerprint density at radius 1 is 1.06 bits per heavy atom. The molecule has 0 amide bonds. The van der Waals surface area contributed by atoms with E-state index in [1.165, 1.54) is 15.8 Å². The fourth-order valence-electron chi connectivity index (χ4n) is 1.56. The molecule has 0 aliphatic rings. The molecular weight excluding hydrogens is 240 g/mol. The van der Waals surface area contributed by atoms with Crippen LogP contribution in [0.4, 0.5) is 8.78 Å². The van der Waals surface area contributed by atoms with E-state index in [9.17, 15) is 8.78 Å². The Balaban J connectivity index is 1.87. The first-order chi connectivity index (χ1) is 8.15. The van der Waals surface area contributed by atoms with Crippen molar-refractivity contribution < 1.29 is 8.78 Å². The van der Waals surface area contributed by atoms with Gasteiger partial charge in [0.25, 0.3) is 0 Å². The van der Waals surface area contributed by atoms with Crippen LogP contribution < -0.4 is 5.32 Å². The van der Waals surface area contributed by atoms with Crippen LogP contribution in [0.2, 0.25) is 0 Å². The van der Waals surface area contributed by atoms with Crippen LogP contribution in [0.1, 0.15) is 15.3 Å². The molecule has 0 saturated carbocycles. The number of benzene rings is 1. The molecule has 0 spiro atoms. The molecule has 2 aromatic rings. The zero-order valence-electron chi connectivity index (χ0n) is 9.47. The SMILES string of the molecule is Cc1ccc(CNCc2ccc(F)c(F)c2)s1. The first kappa shape index (κ1) is 12.2. The summed E-state index contributed by atoms with van der Waals surface area (Å²) in [4.78, 5) is 2.51. The quantitative estimate of drug-likeness (QED) is 0.877. The fourth-order valence-corrected chi connectivity index (χ4v) is 2.42. The Labute approximate surface area is 103 Å². The van der Waals surface area contributed by atoms with E-state index in [4.69, 9.17) is 0 Å². The number of halogens is 2. The highest BCUT2D eigenvalue weighted by Crippen LogP contribution is 2.15. The number of hydrogen-bond donors (Lipinski definition) is 1. The lowest BCUT2D eigenvalue weighted by Gasteiger charge is -2.04. The summed E-state index contributed by atoms with van der Waals surface area (Å²) in [6.45, 7) is 3.34. The summed E-state index contributed by atoms with van der Waals surface area (Å²) in [6.07, 6.45) is 0. The molecule has 1 nitrogen and oxygen atoms in total. The maximum Gasteiger partial charge on any atom is 0.159 e. The van der Waals surface area contributed by atoms with Gasteiger partial charge in [0.1, 0.15) is 0 Å². The molecule has 0 fully saturated rings.